The van der Waals surface area contributed by atoms with Crippen LogP contribution in [-0.2, 0) is 0 Å². The summed E-state index contributed by atoms with van der Waals surface area (Å²) in [6.07, 6.45) is 1.69. The SMILES string of the molecule is CCNC(c1ccco1)c1nc2ccccc2cc1Br. The molecule has 1 N–H and O–H groups in total. The van der Waals surface area contributed by atoms with E-state index in [0.29, 0.717) is 0 Å². The molecule has 0 aliphatic rings. The molecular weight excluding hydrogens is 316 g/mol. The van der Waals surface area contributed by atoms with Crippen molar-refractivity contribution in [3.63, 3.8) is 0 Å². The Morgan fingerprint density at radius 1 is 1.25 bits per heavy atom. The highest BCUT2D eigenvalue weighted by molar-refractivity contribution is 9.10. The van der Waals surface area contributed by atoms with Crippen LogP contribution in [-0.4, -0.2) is 11.5 Å². The minimum absolute atomic E-state index is 0.0472. The van der Waals surface area contributed by atoms with Crippen molar-refractivity contribution in [2.24, 2.45) is 0 Å². The highest BCUT2D eigenvalue weighted by Crippen LogP contribution is 2.30. The van der Waals surface area contributed by atoms with Gasteiger partial charge in [-0.3, -0.25) is 0 Å². The number of hydrogen-bond donors (Lipinski definition) is 1. The number of pyridine rings is 1. The van der Waals surface area contributed by atoms with Gasteiger partial charge in [0.05, 0.1) is 17.5 Å². The van der Waals surface area contributed by atoms with E-state index in [9.17, 15) is 0 Å². The Labute approximate surface area is 126 Å². The van der Waals surface area contributed by atoms with Crippen molar-refractivity contribution in [1.29, 1.82) is 0 Å². The summed E-state index contributed by atoms with van der Waals surface area (Å²) < 4.78 is 6.53. The lowest BCUT2D eigenvalue weighted by atomic mass is 10.1. The normalized spacial score (nSPS) is 12.7. The zero-order valence-electron chi connectivity index (χ0n) is 11.1. The van der Waals surface area contributed by atoms with Gasteiger partial charge in [0, 0.05) is 9.86 Å². The lowest BCUT2D eigenvalue weighted by Crippen LogP contribution is -2.23. The summed E-state index contributed by atoms with van der Waals surface area (Å²) in [6, 6.07) is 14.0. The van der Waals surface area contributed by atoms with Gasteiger partial charge >= 0.3 is 0 Å². The summed E-state index contributed by atoms with van der Waals surface area (Å²) in [6.45, 7) is 2.91. The van der Waals surface area contributed by atoms with E-state index < -0.39 is 0 Å². The average Bonchev–Trinajstić information content (AvgIpc) is 2.98. The van der Waals surface area contributed by atoms with Crippen molar-refractivity contribution in [3.05, 3.63) is 64.7 Å². The molecule has 0 saturated heterocycles. The van der Waals surface area contributed by atoms with Crippen molar-refractivity contribution in [3.8, 4) is 0 Å². The van der Waals surface area contributed by atoms with Crippen LogP contribution < -0.4 is 5.32 Å². The minimum Gasteiger partial charge on any atom is -0.467 e. The quantitative estimate of drug-likeness (QED) is 0.775. The van der Waals surface area contributed by atoms with Gasteiger partial charge in [-0.05, 0) is 46.7 Å². The van der Waals surface area contributed by atoms with Crippen LogP contribution in [0.15, 0.2) is 57.6 Å². The molecular formula is C16H15BrN2O. The average molecular weight is 331 g/mol. The van der Waals surface area contributed by atoms with E-state index in [4.69, 9.17) is 9.40 Å². The zero-order valence-corrected chi connectivity index (χ0v) is 12.7. The van der Waals surface area contributed by atoms with Gasteiger partial charge in [-0.2, -0.15) is 0 Å². The Hall–Kier alpha value is -1.65. The van der Waals surface area contributed by atoms with Gasteiger partial charge in [0.25, 0.3) is 0 Å². The highest BCUT2D eigenvalue weighted by atomic mass is 79.9. The molecule has 0 saturated carbocycles. The monoisotopic (exact) mass is 330 g/mol. The highest BCUT2D eigenvalue weighted by Gasteiger charge is 2.20. The van der Waals surface area contributed by atoms with Gasteiger partial charge in [0.1, 0.15) is 11.8 Å². The maximum Gasteiger partial charge on any atom is 0.126 e. The lowest BCUT2D eigenvalue weighted by Gasteiger charge is -2.17. The Morgan fingerprint density at radius 3 is 2.85 bits per heavy atom. The Bertz CT molecular complexity index is 710. The summed E-state index contributed by atoms with van der Waals surface area (Å²) in [4.78, 5) is 4.78. The summed E-state index contributed by atoms with van der Waals surface area (Å²) in [5.41, 5.74) is 1.93. The van der Waals surface area contributed by atoms with E-state index in [2.05, 4.69) is 40.3 Å². The van der Waals surface area contributed by atoms with E-state index in [0.717, 1.165) is 33.4 Å². The smallest absolute Gasteiger partial charge is 0.126 e. The van der Waals surface area contributed by atoms with Crippen LogP contribution in [0.5, 0.6) is 0 Å². The van der Waals surface area contributed by atoms with Crippen LogP contribution in [0, 0.1) is 0 Å². The lowest BCUT2D eigenvalue weighted by molar-refractivity contribution is 0.447. The molecule has 0 aliphatic carbocycles. The predicted molar refractivity (Wildman–Crippen MR) is 83.7 cm³/mol. The third-order valence-electron chi connectivity index (χ3n) is 3.21. The number of nitrogens with one attached hydrogen (secondary N) is 1. The van der Waals surface area contributed by atoms with E-state index in [1.54, 1.807) is 6.26 Å². The van der Waals surface area contributed by atoms with Crippen LogP contribution in [0.1, 0.15) is 24.4 Å². The molecule has 3 aromatic rings. The summed E-state index contributed by atoms with van der Waals surface area (Å²) >= 11 is 3.63. The van der Waals surface area contributed by atoms with E-state index in [1.807, 2.05) is 30.3 Å². The number of nitrogens with zero attached hydrogens (tertiary/aromatic N) is 1. The molecule has 3 rings (SSSR count). The first-order valence-electron chi connectivity index (χ1n) is 6.61. The van der Waals surface area contributed by atoms with Crippen LogP contribution in [0.25, 0.3) is 10.9 Å². The van der Waals surface area contributed by atoms with Crippen molar-refractivity contribution < 1.29 is 4.42 Å². The topological polar surface area (TPSA) is 38.1 Å². The molecule has 4 heteroatoms. The molecule has 2 heterocycles. The molecule has 3 nitrogen and oxygen atoms in total. The number of furan rings is 1. The Balaban J connectivity index is 2.13. The first-order chi connectivity index (χ1) is 9.79. The van der Waals surface area contributed by atoms with Crippen LogP contribution in [0.2, 0.25) is 0 Å². The maximum atomic E-state index is 5.55. The maximum absolute atomic E-state index is 5.55. The summed E-state index contributed by atoms with van der Waals surface area (Å²) in [5, 5.41) is 4.54. The number of hydrogen-bond acceptors (Lipinski definition) is 3. The number of para-hydroxylation sites is 1. The first kappa shape index (κ1) is 13.3. The molecule has 2 aromatic heterocycles. The van der Waals surface area contributed by atoms with Crippen LogP contribution in [0.4, 0.5) is 0 Å². The largest absolute Gasteiger partial charge is 0.467 e. The number of fused-ring (bicyclic) bond motifs is 1. The second-order valence-corrected chi connectivity index (χ2v) is 5.41. The molecule has 1 atom stereocenters. The van der Waals surface area contributed by atoms with Crippen LogP contribution in [0.3, 0.4) is 0 Å². The molecule has 1 aromatic carbocycles. The number of aromatic nitrogens is 1. The van der Waals surface area contributed by atoms with Crippen molar-refractivity contribution in [2.45, 2.75) is 13.0 Å². The summed E-state index contributed by atoms with van der Waals surface area (Å²) in [7, 11) is 0. The molecule has 0 fully saturated rings. The van der Waals surface area contributed by atoms with Crippen molar-refractivity contribution in [2.75, 3.05) is 6.54 Å². The first-order valence-corrected chi connectivity index (χ1v) is 7.41. The summed E-state index contributed by atoms with van der Waals surface area (Å²) in [5.74, 6) is 0.871. The van der Waals surface area contributed by atoms with Gasteiger partial charge in [-0.15, -0.1) is 0 Å². The molecule has 0 aliphatic heterocycles. The molecule has 20 heavy (non-hydrogen) atoms. The number of halogens is 1. The van der Waals surface area contributed by atoms with Gasteiger partial charge in [0.15, 0.2) is 0 Å². The van der Waals surface area contributed by atoms with Gasteiger partial charge in [-0.1, -0.05) is 25.1 Å². The predicted octanol–water partition coefficient (Wildman–Crippen LogP) is 4.29. The molecule has 0 radical (unpaired) electrons. The van der Waals surface area contributed by atoms with Gasteiger partial charge < -0.3 is 9.73 Å². The second-order valence-electron chi connectivity index (χ2n) is 4.55. The second kappa shape index (κ2) is 5.77. The molecule has 1 unspecified atom stereocenters. The third-order valence-corrected chi connectivity index (χ3v) is 3.85. The standard InChI is InChI=1S/C16H15BrN2O/c1-2-18-16(14-8-5-9-20-14)15-12(17)10-11-6-3-4-7-13(11)19-15/h3-10,16,18H,2H2,1H3. The molecule has 0 bridgehead atoms. The van der Waals surface area contributed by atoms with Crippen LogP contribution >= 0.6 is 15.9 Å². The van der Waals surface area contributed by atoms with E-state index in [1.165, 1.54) is 0 Å². The number of benzene rings is 1. The van der Waals surface area contributed by atoms with E-state index >= 15 is 0 Å². The van der Waals surface area contributed by atoms with E-state index in [-0.39, 0.29) is 6.04 Å². The van der Waals surface area contributed by atoms with Crippen molar-refractivity contribution in [1.82, 2.24) is 10.3 Å². The fourth-order valence-electron chi connectivity index (χ4n) is 2.30. The third kappa shape index (κ3) is 2.49. The van der Waals surface area contributed by atoms with Crippen molar-refractivity contribution >= 4 is 26.8 Å². The Kier molecular flexibility index (Phi) is 3.85. The molecule has 102 valence electrons. The van der Waals surface area contributed by atoms with Gasteiger partial charge in [0.2, 0.25) is 0 Å². The molecule has 0 amide bonds. The molecule has 0 spiro atoms. The fraction of sp³-hybridized carbons (Fsp3) is 0.188. The van der Waals surface area contributed by atoms with Gasteiger partial charge in [-0.25, -0.2) is 4.98 Å². The zero-order chi connectivity index (χ0) is 13.9. The fourth-order valence-corrected chi connectivity index (χ4v) is 2.86. The minimum atomic E-state index is -0.0472. The number of rotatable bonds is 4. The Morgan fingerprint density at radius 2 is 2.10 bits per heavy atom.